The van der Waals surface area contributed by atoms with Crippen LogP contribution in [0.2, 0.25) is 0 Å². The molecular weight excluding hydrogens is 206 g/mol. The summed E-state index contributed by atoms with van der Waals surface area (Å²) in [4.78, 5) is 0. The van der Waals surface area contributed by atoms with Crippen LogP contribution in [0.4, 0.5) is 0 Å². The van der Waals surface area contributed by atoms with E-state index >= 15 is 0 Å². The summed E-state index contributed by atoms with van der Waals surface area (Å²) in [5.74, 6) is 0.439. The maximum absolute atomic E-state index is 5.38. The lowest BCUT2D eigenvalue weighted by Gasteiger charge is -1.95. The Hall–Kier alpha value is -1.81. The van der Waals surface area contributed by atoms with Gasteiger partial charge in [0.15, 0.2) is 0 Å². The molecule has 0 aliphatic carbocycles. The lowest BCUT2D eigenvalue weighted by atomic mass is 10.2. The zero-order valence-electron chi connectivity index (χ0n) is 8.63. The molecule has 0 amide bonds. The number of aromatic nitrogens is 1. The smallest absolute Gasteiger partial charge is 0.311 e. The molecule has 4 heteroatoms. The van der Waals surface area contributed by atoms with Crippen LogP contribution in [0, 0.1) is 0 Å². The minimum absolute atomic E-state index is 0.227. The van der Waals surface area contributed by atoms with Gasteiger partial charge in [0.25, 0.3) is 0 Å². The Morgan fingerprint density at radius 2 is 2.12 bits per heavy atom. The first kappa shape index (κ1) is 9.42. The highest BCUT2D eigenvalue weighted by molar-refractivity contribution is 5.58. The van der Waals surface area contributed by atoms with E-state index in [1.54, 1.807) is 6.07 Å². The third kappa shape index (κ3) is 2.06. The SMILES string of the molecule is c1ccc(-c2cc(OCC3CO3)on2)cc1. The molecule has 1 atom stereocenters. The summed E-state index contributed by atoms with van der Waals surface area (Å²) in [5, 5.41) is 3.94. The Morgan fingerprint density at radius 1 is 1.31 bits per heavy atom. The first-order valence-corrected chi connectivity index (χ1v) is 5.18. The van der Waals surface area contributed by atoms with E-state index in [9.17, 15) is 0 Å². The fraction of sp³-hybridized carbons (Fsp3) is 0.250. The molecular formula is C12H11NO3. The predicted octanol–water partition coefficient (Wildman–Crippen LogP) is 2.12. The van der Waals surface area contributed by atoms with Crippen molar-refractivity contribution in [2.24, 2.45) is 0 Å². The summed E-state index contributed by atoms with van der Waals surface area (Å²) in [6.07, 6.45) is 0.227. The van der Waals surface area contributed by atoms with E-state index in [4.69, 9.17) is 14.0 Å². The number of benzene rings is 1. The molecule has 1 aromatic heterocycles. The van der Waals surface area contributed by atoms with Gasteiger partial charge in [0.05, 0.1) is 12.7 Å². The van der Waals surface area contributed by atoms with E-state index in [1.165, 1.54) is 0 Å². The average Bonchev–Trinajstić information content (AvgIpc) is 3.05. The van der Waals surface area contributed by atoms with Crippen molar-refractivity contribution in [1.29, 1.82) is 0 Å². The Balaban J connectivity index is 1.71. The van der Waals surface area contributed by atoms with Crippen LogP contribution < -0.4 is 4.74 Å². The highest BCUT2D eigenvalue weighted by atomic mass is 16.7. The van der Waals surface area contributed by atoms with E-state index in [1.807, 2.05) is 30.3 Å². The molecule has 1 aliphatic heterocycles. The van der Waals surface area contributed by atoms with Gasteiger partial charge in [-0.15, -0.1) is 0 Å². The third-order valence-corrected chi connectivity index (χ3v) is 2.37. The summed E-state index contributed by atoms with van der Waals surface area (Å²) in [5.41, 5.74) is 1.80. The monoisotopic (exact) mass is 217 g/mol. The fourth-order valence-corrected chi connectivity index (χ4v) is 1.41. The van der Waals surface area contributed by atoms with Gasteiger partial charge in [-0.25, -0.2) is 0 Å². The highest BCUT2D eigenvalue weighted by Gasteiger charge is 2.23. The first-order chi connectivity index (χ1) is 7.92. The van der Waals surface area contributed by atoms with Crippen LogP contribution in [0.1, 0.15) is 0 Å². The zero-order chi connectivity index (χ0) is 10.8. The van der Waals surface area contributed by atoms with Crippen molar-refractivity contribution < 1.29 is 14.0 Å². The minimum atomic E-state index is 0.227. The third-order valence-electron chi connectivity index (χ3n) is 2.37. The van der Waals surface area contributed by atoms with Crippen LogP contribution in [-0.2, 0) is 4.74 Å². The molecule has 2 aromatic rings. The largest absolute Gasteiger partial charge is 0.461 e. The molecule has 0 radical (unpaired) electrons. The van der Waals surface area contributed by atoms with Gasteiger partial charge in [-0.1, -0.05) is 35.5 Å². The summed E-state index contributed by atoms with van der Waals surface area (Å²) in [6.45, 7) is 1.31. The maximum atomic E-state index is 5.38. The Kier molecular flexibility index (Phi) is 2.34. The predicted molar refractivity (Wildman–Crippen MR) is 57.2 cm³/mol. The molecule has 4 nitrogen and oxygen atoms in total. The zero-order valence-corrected chi connectivity index (χ0v) is 8.63. The number of hydrogen-bond donors (Lipinski definition) is 0. The van der Waals surface area contributed by atoms with E-state index in [0.29, 0.717) is 12.6 Å². The van der Waals surface area contributed by atoms with Crippen molar-refractivity contribution >= 4 is 0 Å². The quantitative estimate of drug-likeness (QED) is 0.736. The van der Waals surface area contributed by atoms with Crippen LogP contribution in [0.25, 0.3) is 11.3 Å². The molecule has 82 valence electrons. The lowest BCUT2D eigenvalue weighted by Crippen LogP contribution is -2.02. The number of nitrogens with zero attached hydrogens (tertiary/aromatic N) is 1. The second-order valence-electron chi connectivity index (χ2n) is 3.66. The molecule has 0 saturated carbocycles. The summed E-state index contributed by atoms with van der Waals surface area (Å²) in [7, 11) is 0. The van der Waals surface area contributed by atoms with Crippen LogP contribution >= 0.6 is 0 Å². The normalized spacial score (nSPS) is 18.4. The van der Waals surface area contributed by atoms with E-state index in [0.717, 1.165) is 17.9 Å². The molecule has 1 aromatic carbocycles. The first-order valence-electron chi connectivity index (χ1n) is 5.18. The van der Waals surface area contributed by atoms with Crippen molar-refractivity contribution in [1.82, 2.24) is 5.16 Å². The van der Waals surface area contributed by atoms with Crippen molar-refractivity contribution in [3.05, 3.63) is 36.4 Å². The van der Waals surface area contributed by atoms with Gasteiger partial charge >= 0.3 is 5.95 Å². The topological polar surface area (TPSA) is 47.8 Å². The molecule has 1 aliphatic rings. The molecule has 2 heterocycles. The summed E-state index contributed by atoms with van der Waals surface area (Å²) >= 11 is 0. The second kappa shape index (κ2) is 3.98. The lowest BCUT2D eigenvalue weighted by molar-refractivity contribution is 0.193. The van der Waals surface area contributed by atoms with E-state index < -0.39 is 0 Å². The van der Waals surface area contributed by atoms with Crippen molar-refractivity contribution in [2.45, 2.75) is 6.10 Å². The molecule has 0 bridgehead atoms. The number of epoxide rings is 1. The summed E-state index contributed by atoms with van der Waals surface area (Å²) < 4.78 is 15.5. The standard InChI is InChI=1S/C12H11NO3/c1-2-4-9(5-3-1)11-6-12(16-13-11)15-8-10-7-14-10/h1-6,10H,7-8H2. The van der Waals surface area contributed by atoms with Crippen molar-refractivity contribution in [3.8, 4) is 17.2 Å². The fourth-order valence-electron chi connectivity index (χ4n) is 1.41. The number of hydrogen-bond acceptors (Lipinski definition) is 4. The second-order valence-corrected chi connectivity index (χ2v) is 3.66. The van der Waals surface area contributed by atoms with Crippen LogP contribution in [0.5, 0.6) is 5.95 Å². The molecule has 1 unspecified atom stereocenters. The van der Waals surface area contributed by atoms with E-state index in [-0.39, 0.29) is 6.10 Å². The Morgan fingerprint density at radius 3 is 2.88 bits per heavy atom. The van der Waals surface area contributed by atoms with Gasteiger partial charge < -0.3 is 14.0 Å². The van der Waals surface area contributed by atoms with Crippen molar-refractivity contribution in [2.75, 3.05) is 13.2 Å². The highest BCUT2D eigenvalue weighted by Crippen LogP contribution is 2.23. The van der Waals surface area contributed by atoms with Gasteiger partial charge in [-0.05, 0) is 0 Å². The number of ether oxygens (including phenoxy) is 2. The van der Waals surface area contributed by atoms with Crippen molar-refractivity contribution in [3.63, 3.8) is 0 Å². The van der Waals surface area contributed by atoms with Crippen LogP contribution in [0.15, 0.2) is 40.9 Å². The Labute approximate surface area is 92.8 Å². The Bertz CT molecular complexity index is 462. The molecule has 0 spiro atoms. The molecule has 3 rings (SSSR count). The van der Waals surface area contributed by atoms with Gasteiger partial charge in [-0.3, -0.25) is 0 Å². The van der Waals surface area contributed by atoms with Crippen LogP contribution in [0.3, 0.4) is 0 Å². The van der Waals surface area contributed by atoms with Gasteiger partial charge in [0.2, 0.25) is 0 Å². The number of rotatable bonds is 4. The van der Waals surface area contributed by atoms with Crippen LogP contribution in [-0.4, -0.2) is 24.5 Å². The van der Waals surface area contributed by atoms with Gasteiger partial charge in [0.1, 0.15) is 18.4 Å². The maximum Gasteiger partial charge on any atom is 0.311 e. The summed E-state index contributed by atoms with van der Waals surface area (Å²) in [6, 6.07) is 11.6. The van der Waals surface area contributed by atoms with Gasteiger partial charge in [0, 0.05) is 5.56 Å². The minimum Gasteiger partial charge on any atom is -0.461 e. The molecule has 1 fully saturated rings. The molecule has 0 N–H and O–H groups in total. The molecule has 16 heavy (non-hydrogen) atoms. The molecule has 1 saturated heterocycles. The van der Waals surface area contributed by atoms with Gasteiger partial charge in [-0.2, -0.15) is 0 Å². The average molecular weight is 217 g/mol. The van der Waals surface area contributed by atoms with E-state index in [2.05, 4.69) is 5.16 Å².